The highest BCUT2D eigenvalue weighted by molar-refractivity contribution is 7.92. The second-order valence-corrected chi connectivity index (χ2v) is 13.3. The summed E-state index contributed by atoms with van der Waals surface area (Å²) in [6.45, 7) is 1.45. The van der Waals surface area contributed by atoms with Crippen molar-refractivity contribution in [2.45, 2.75) is 32.0 Å². The van der Waals surface area contributed by atoms with Gasteiger partial charge in [0.1, 0.15) is 22.9 Å². The fourth-order valence-electron chi connectivity index (χ4n) is 4.91. The minimum atomic E-state index is -4.84. The fraction of sp³-hybridized carbons (Fsp3) is 0.414. The van der Waals surface area contributed by atoms with Crippen LogP contribution in [0.1, 0.15) is 40.7 Å². The van der Waals surface area contributed by atoms with Crippen molar-refractivity contribution in [3.63, 3.8) is 0 Å². The monoisotopic (exact) mass is 672 g/mol. The Morgan fingerprint density at radius 1 is 1.20 bits per heavy atom. The molecule has 0 saturated carbocycles. The number of halogens is 5. The second-order valence-electron chi connectivity index (χ2n) is 10.8. The zero-order chi connectivity index (χ0) is 33.1. The number of hydrogen-bond donors (Lipinski definition) is 2. The van der Waals surface area contributed by atoms with E-state index < -0.39 is 33.4 Å². The molecule has 1 fully saturated rings. The van der Waals surface area contributed by atoms with Gasteiger partial charge < -0.3 is 20.3 Å². The molecule has 1 aliphatic heterocycles. The average molecular weight is 673 g/mol. The van der Waals surface area contributed by atoms with E-state index in [-0.39, 0.29) is 58.3 Å². The first-order chi connectivity index (χ1) is 21.1. The summed E-state index contributed by atoms with van der Waals surface area (Å²) in [4.78, 5) is 22.8. The van der Waals surface area contributed by atoms with Gasteiger partial charge in [-0.05, 0) is 62.7 Å². The molecule has 2 aromatic carbocycles. The predicted octanol–water partition coefficient (Wildman–Crippen LogP) is 5.96. The maximum absolute atomic E-state index is 15.2. The van der Waals surface area contributed by atoms with Crippen molar-refractivity contribution < 1.29 is 35.5 Å². The number of sulfonamides is 1. The smallest absolute Gasteiger partial charge is 0.421 e. The van der Waals surface area contributed by atoms with E-state index in [9.17, 15) is 26.4 Å². The molecule has 1 saturated heterocycles. The SMILES string of the molecule is COc1cc(C(=O)CC2CCN(C)CC2)c(F)cc1Nc1ncc(C(F)(F)F)c(NCc2ccc(Cl)cc2N(C)S(C)(=O)=O)n1. The third kappa shape index (κ3) is 8.52. The summed E-state index contributed by atoms with van der Waals surface area (Å²) in [5.41, 5.74) is -0.869. The Kier molecular flexibility index (Phi) is 10.4. The molecule has 3 aromatic rings. The number of aromatic nitrogens is 2. The summed E-state index contributed by atoms with van der Waals surface area (Å²) in [6, 6.07) is 6.58. The summed E-state index contributed by atoms with van der Waals surface area (Å²) >= 11 is 6.05. The topological polar surface area (TPSA) is 117 Å². The quantitative estimate of drug-likeness (QED) is 0.188. The lowest BCUT2D eigenvalue weighted by molar-refractivity contribution is -0.137. The van der Waals surface area contributed by atoms with E-state index in [4.69, 9.17) is 16.3 Å². The van der Waals surface area contributed by atoms with Crippen molar-refractivity contribution in [3.8, 4) is 5.75 Å². The Labute approximate surface area is 263 Å². The lowest BCUT2D eigenvalue weighted by atomic mass is 9.90. The summed E-state index contributed by atoms with van der Waals surface area (Å²) < 4.78 is 87.4. The van der Waals surface area contributed by atoms with Crippen LogP contribution in [0.25, 0.3) is 0 Å². The van der Waals surface area contributed by atoms with Crippen molar-refractivity contribution in [3.05, 3.63) is 64.1 Å². The molecule has 0 unspecified atom stereocenters. The number of methoxy groups -OCH3 is 1. The molecule has 10 nitrogen and oxygen atoms in total. The molecule has 0 amide bonds. The molecule has 4 rings (SSSR count). The Hall–Kier alpha value is -3.69. The zero-order valence-corrected chi connectivity index (χ0v) is 26.6. The Bertz CT molecular complexity index is 1670. The molecule has 0 aliphatic carbocycles. The van der Waals surface area contributed by atoms with Crippen LogP contribution in [-0.2, 0) is 22.7 Å². The predicted molar refractivity (Wildman–Crippen MR) is 164 cm³/mol. The van der Waals surface area contributed by atoms with Crippen molar-refractivity contribution in [2.75, 3.05) is 55.5 Å². The third-order valence-corrected chi connectivity index (χ3v) is 9.00. The molecule has 45 heavy (non-hydrogen) atoms. The number of alkyl halides is 3. The highest BCUT2D eigenvalue weighted by atomic mass is 35.5. The van der Waals surface area contributed by atoms with E-state index in [2.05, 4.69) is 25.5 Å². The van der Waals surface area contributed by atoms with Crippen LogP contribution < -0.4 is 19.7 Å². The van der Waals surface area contributed by atoms with Crippen LogP contribution >= 0.6 is 11.6 Å². The molecule has 16 heteroatoms. The molecule has 0 spiro atoms. The van der Waals surface area contributed by atoms with Crippen molar-refractivity contribution in [2.24, 2.45) is 5.92 Å². The van der Waals surface area contributed by atoms with E-state index >= 15 is 4.39 Å². The molecule has 0 bridgehead atoms. The van der Waals surface area contributed by atoms with E-state index in [0.717, 1.165) is 42.6 Å². The summed E-state index contributed by atoms with van der Waals surface area (Å²) in [5.74, 6) is -1.93. The van der Waals surface area contributed by atoms with E-state index in [1.54, 1.807) is 0 Å². The van der Waals surface area contributed by atoms with Gasteiger partial charge in [-0.25, -0.2) is 17.8 Å². The van der Waals surface area contributed by atoms with Crippen LogP contribution in [0, 0.1) is 11.7 Å². The molecule has 1 aliphatic rings. The number of rotatable bonds is 11. The van der Waals surface area contributed by atoms with Gasteiger partial charge >= 0.3 is 6.18 Å². The molecule has 2 heterocycles. The van der Waals surface area contributed by atoms with Gasteiger partial charge in [-0.3, -0.25) is 9.10 Å². The van der Waals surface area contributed by atoms with Crippen LogP contribution in [0.2, 0.25) is 5.02 Å². The minimum Gasteiger partial charge on any atom is -0.495 e. The number of nitrogens with zero attached hydrogens (tertiary/aromatic N) is 4. The van der Waals surface area contributed by atoms with Crippen LogP contribution in [0.5, 0.6) is 5.75 Å². The third-order valence-electron chi connectivity index (χ3n) is 7.57. The molecular weight excluding hydrogens is 640 g/mol. The number of hydrogen-bond acceptors (Lipinski definition) is 9. The Balaban J connectivity index is 1.60. The number of piperidine rings is 1. The maximum atomic E-state index is 15.2. The van der Waals surface area contributed by atoms with Gasteiger partial charge in [0, 0.05) is 37.3 Å². The summed E-state index contributed by atoms with van der Waals surface area (Å²) in [6.07, 6.45) is -1.46. The first-order valence-corrected chi connectivity index (χ1v) is 16.1. The van der Waals surface area contributed by atoms with E-state index in [1.807, 2.05) is 7.05 Å². The standard InChI is InChI=1S/C29H33ClF4N6O4S/c1-39-9-7-17(8-10-39)11-25(41)20-13-26(44-3)23(14-22(20)31)37-28-36-16-21(29(32,33)34)27(38-28)35-15-18-5-6-19(30)12-24(18)40(2)45(4,42)43/h5-6,12-14,16-17H,7-11,15H2,1-4H3,(H2,35,36,37,38). The number of benzene rings is 2. The molecule has 0 radical (unpaired) electrons. The number of nitrogens with one attached hydrogen (secondary N) is 2. The average Bonchev–Trinajstić information content (AvgIpc) is 2.96. The maximum Gasteiger partial charge on any atom is 0.421 e. The number of anilines is 4. The van der Waals surface area contributed by atoms with Crippen molar-refractivity contribution in [1.29, 1.82) is 0 Å². The number of likely N-dealkylation sites (tertiary alicyclic amines) is 1. The van der Waals surface area contributed by atoms with Gasteiger partial charge in [-0.1, -0.05) is 17.7 Å². The second kappa shape index (κ2) is 13.7. The Morgan fingerprint density at radius 2 is 1.89 bits per heavy atom. The molecule has 2 N–H and O–H groups in total. The number of ketones is 1. The number of carbonyl (C=O) groups excluding carboxylic acids is 1. The van der Waals surface area contributed by atoms with Gasteiger partial charge in [0.2, 0.25) is 16.0 Å². The first kappa shape index (κ1) is 34.2. The van der Waals surface area contributed by atoms with Crippen molar-refractivity contribution in [1.82, 2.24) is 14.9 Å². The Morgan fingerprint density at radius 3 is 2.51 bits per heavy atom. The largest absolute Gasteiger partial charge is 0.495 e. The highest BCUT2D eigenvalue weighted by Crippen LogP contribution is 2.36. The zero-order valence-electron chi connectivity index (χ0n) is 25.0. The van der Waals surface area contributed by atoms with Gasteiger partial charge in [0.15, 0.2) is 5.78 Å². The van der Waals surface area contributed by atoms with Crippen molar-refractivity contribution >= 4 is 50.5 Å². The van der Waals surface area contributed by atoms with Crippen LogP contribution in [0.4, 0.5) is 40.7 Å². The highest BCUT2D eigenvalue weighted by Gasteiger charge is 2.35. The van der Waals surface area contributed by atoms with Gasteiger partial charge in [0.05, 0.1) is 30.3 Å². The number of ether oxygens (including phenoxy) is 1. The first-order valence-electron chi connectivity index (χ1n) is 13.8. The van der Waals surface area contributed by atoms with Crippen LogP contribution in [0.15, 0.2) is 36.5 Å². The summed E-state index contributed by atoms with van der Waals surface area (Å²) in [5, 5.41) is 5.51. The molecule has 0 atom stereocenters. The minimum absolute atomic E-state index is 0.00804. The lowest BCUT2D eigenvalue weighted by Crippen LogP contribution is -2.31. The van der Waals surface area contributed by atoms with Gasteiger partial charge in [0.25, 0.3) is 0 Å². The lowest BCUT2D eigenvalue weighted by Gasteiger charge is -2.28. The number of Topliss-reactive ketones (excluding diaryl/α,β-unsaturated/α-hetero) is 1. The van der Waals surface area contributed by atoms with Gasteiger partial charge in [-0.2, -0.15) is 18.2 Å². The summed E-state index contributed by atoms with van der Waals surface area (Å²) in [7, 11) is 0.888. The fourth-order valence-corrected chi connectivity index (χ4v) is 5.61. The normalized spacial score (nSPS) is 14.7. The van der Waals surface area contributed by atoms with Gasteiger partial charge in [-0.15, -0.1) is 0 Å². The molecular formula is C29H33ClF4N6O4S. The molecule has 244 valence electrons. The van der Waals surface area contributed by atoms with E-state index in [0.29, 0.717) is 11.8 Å². The molecule has 1 aromatic heterocycles. The van der Waals surface area contributed by atoms with Crippen LogP contribution in [0.3, 0.4) is 0 Å². The van der Waals surface area contributed by atoms with Crippen LogP contribution in [-0.4, -0.2) is 69.6 Å². The van der Waals surface area contributed by atoms with E-state index in [1.165, 1.54) is 38.4 Å². The number of carbonyl (C=O) groups is 1.